The molecule has 1 aliphatic carbocycles. The molecule has 3 atom stereocenters. The van der Waals surface area contributed by atoms with Crippen molar-refractivity contribution in [2.24, 2.45) is 5.92 Å². The molecule has 1 N–H and O–H groups in total. The van der Waals surface area contributed by atoms with Crippen molar-refractivity contribution in [2.75, 3.05) is 0 Å². The van der Waals surface area contributed by atoms with Crippen LogP contribution in [0.1, 0.15) is 31.2 Å². The van der Waals surface area contributed by atoms with Crippen molar-refractivity contribution < 1.29 is 9.53 Å². The summed E-state index contributed by atoms with van der Waals surface area (Å²) >= 11 is 0. The standard InChI is InChI=1S/C15H19NO2.ClH/c17-15(18-10-11-5-2-1-3-6-11)14-9-12-7-4-8-13(12)16-14;/h1-3,5-6,12-14,16H,4,7-10H2;1H/t12-,13-,14?;/m1./s1. The Morgan fingerprint density at radius 2 is 2.05 bits per heavy atom. The molecule has 0 bridgehead atoms. The third-order valence-corrected chi connectivity index (χ3v) is 4.12. The lowest BCUT2D eigenvalue weighted by Gasteiger charge is -2.12. The van der Waals surface area contributed by atoms with Gasteiger partial charge in [-0.3, -0.25) is 4.79 Å². The zero-order valence-corrected chi connectivity index (χ0v) is 11.7. The molecule has 3 nitrogen and oxygen atoms in total. The summed E-state index contributed by atoms with van der Waals surface area (Å²) in [4.78, 5) is 12.0. The third-order valence-electron chi connectivity index (χ3n) is 4.12. The van der Waals surface area contributed by atoms with E-state index in [1.807, 2.05) is 30.3 Å². The first-order valence-corrected chi connectivity index (χ1v) is 6.79. The Hall–Kier alpha value is -1.06. The molecule has 4 heteroatoms. The molecule has 1 saturated heterocycles. The van der Waals surface area contributed by atoms with Crippen molar-refractivity contribution in [3.8, 4) is 0 Å². The Bertz CT molecular complexity index is 411. The van der Waals surface area contributed by atoms with Crippen LogP contribution in [0.25, 0.3) is 0 Å². The molecule has 0 radical (unpaired) electrons. The zero-order valence-electron chi connectivity index (χ0n) is 10.9. The topological polar surface area (TPSA) is 38.3 Å². The highest BCUT2D eigenvalue weighted by Gasteiger charge is 2.40. The largest absolute Gasteiger partial charge is 0.460 e. The molecular formula is C15H20ClNO2. The van der Waals surface area contributed by atoms with Gasteiger partial charge in [0, 0.05) is 6.04 Å². The van der Waals surface area contributed by atoms with Gasteiger partial charge >= 0.3 is 5.97 Å². The highest BCUT2D eigenvalue weighted by Crippen LogP contribution is 2.34. The van der Waals surface area contributed by atoms with Crippen LogP contribution in [-0.4, -0.2) is 18.1 Å². The number of rotatable bonds is 3. The number of nitrogens with one attached hydrogen (secondary N) is 1. The van der Waals surface area contributed by atoms with Gasteiger partial charge in [-0.15, -0.1) is 12.4 Å². The Morgan fingerprint density at radius 1 is 1.26 bits per heavy atom. The molecule has 19 heavy (non-hydrogen) atoms. The fourth-order valence-corrected chi connectivity index (χ4v) is 3.16. The minimum atomic E-state index is -0.0896. The van der Waals surface area contributed by atoms with Crippen LogP contribution in [0, 0.1) is 5.92 Å². The Balaban J connectivity index is 0.00000133. The van der Waals surface area contributed by atoms with E-state index in [1.165, 1.54) is 19.3 Å². The van der Waals surface area contributed by atoms with E-state index in [2.05, 4.69) is 5.32 Å². The summed E-state index contributed by atoms with van der Waals surface area (Å²) in [5.41, 5.74) is 1.05. The predicted molar refractivity (Wildman–Crippen MR) is 76.2 cm³/mol. The Kier molecular flexibility index (Phi) is 4.83. The fraction of sp³-hybridized carbons (Fsp3) is 0.533. The molecule has 2 fully saturated rings. The molecule has 1 aromatic carbocycles. The number of carbonyl (C=O) groups is 1. The number of benzene rings is 1. The number of carbonyl (C=O) groups excluding carboxylic acids is 1. The SMILES string of the molecule is Cl.O=C(OCc1ccccc1)C1C[C@H]2CCC[C@H]2N1. The Labute approximate surface area is 120 Å². The number of halogens is 1. The first-order chi connectivity index (χ1) is 8.83. The van der Waals surface area contributed by atoms with Crippen molar-refractivity contribution in [2.45, 2.75) is 44.4 Å². The van der Waals surface area contributed by atoms with Gasteiger partial charge in [0.15, 0.2) is 0 Å². The second-order valence-electron chi connectivity index (χ2n) is 5.35. The number of esters is 1. The highest BCUT2D eigenvalue weighted by molar-refractivity contribution is 5.85. The normalized spacial score (nSPS) is 28.5. The van der Waals surface area contributed by atoms with Crippen LogP contribution in [0.4, 0.5) is 0 Å². The van der Waals surface area contributed by atoms with Gasteiger partial charge in [0.25, 0.3) is 0 Å². The van der Waals surface area contributed by atoms with Gasteiger partial charge < -0.3 is 10.1 Å². The van der Waals surface area contributed by atoms with Crippen molar-refractivity contribution in [3.05, 3.63) is 35.9 Å². The number of ether oxygens (including phenoxy) is 1. The van der Waals surface area contributed by atoms with E-state index in [4.69, 9.17) is 4.74 Å². The van der Waals surface area contributed by atoms with Gasteiger partial charge in [-0.05, 0) is 30.7 Å². The lowest BCUT2D eigenvalue weighted by atomic mass is 10.0. The summed E-state index contributed by atoms with van der Waals surface area (Å²) in [5, 5.41) is 3.41. The summed E-state index contributed by atoms with van der Waals surface area (Å²) in [6.45, 7) is 0.382. The van der Waals surface area contributed by atoms with Crippen molar-refractivity contribution >= 4 is 18.4 Å². The van der Waals surface area contributed by atoms with Crippen LogP contribution in [0.2, 0.25) is 0 Å². The molecular weight excluding hydrogens is 262 g/mol. The lowest BCUT2D eigenvalue weighted by Crippen LogP contribution is -2.36. The van der Waals surface area contributed by atoms with E-state index >= 15 is 0 Å². The summed E-state index contributed by atoms with van der Waals surface area (Å²) < 4.78 is 5.38. The number of hydrogen-bond acceptors (Lipinski definition) is 3. The van der Waals surface area contributed by atoms with E-state index in [9.17, 15) is 4.79 Å². The summed E-state index contributed by atoms with van der Waals surface area (Å²) in [7, 11) is 0. The first kappa shape index (κ1) is 14.4. The van der Waals surface area contributed by atoms with E-state index < -0.39 is 0 Å². The van der Waals surface area contributed by atoms with Crippen molar-refractivity contribution in [1.82, 2.24) is 5.32 Å². The van der Waals surface area contributed by atoms with Gasteiger partial charge in [-0.25, -0.2) is 0 Å². The molecule has 1 unspecified atom stereocenters. The predicted octanol–water partition coefficient (Wildman–Crippen LogP) is 2.68. The van der Waals surface area contributed by atoms with E-state index in [0.717, 1.165) is 12.0 Å². The average Bonchev–Trinajstić information content (AvgIpc) is 2.98. The summed E-state index contributed by atoms with van der Waals surface area (Å²) in [5.74, 6) is 0.604. The van der Waals surface area contributed by atoms with Crippen LogP contribution in [0.5, 0.6) is 0 Å². The van der Waals surface area contributed by atoms with Gasteiger partial charge in [0.05, 0.1) is 0 Å². The van der Waals surface area contributed by atoms with Crippen LogP contribution < -0.4 is 5.32 Å². The monoisotopic (exact) mass is 281 g/mol. The fourth-order valence-electron chi connectivity index (χ4n) is 3.16. The summed E-state index contributed by atoms with van der Waals surface area (Å²) in [6, 6.07) is 10.3. The van der Waals surface area contributed by atoms with E-state index in [-0.39, 0.29) is 24.4 Å². The average molecular weight is 282 g/mol. The highest BCUT2D eigenvalue weighted by atomic mass is 35.5. The van der Waals surface area contributed by atoms with Crippen molar-refractivity contribution in [1.29, 1.82) is 0 Å². The molecule has 2 aliphatic rings. The molecule has 0 amide bonds. The van der Waals surface area contributed by atoms with Gasteiger partial charge in [-0.1, -0.05) is 36.8 Å². The molecule has 1 aliphatic heterocycles. The van der Waals surface area contributed by atoms with Gasteiger partial charge in [-0.2, -0.15) is 0 Å². The first-order valence-electron chi connectivity index (χ1n) is 6.79. The number of hydrogen-bond donors (Lipinski definition) is 1. The second kappa shape index (κ2) is 6.40. The molecule has 104 valence electrons. The molecule has 0 aromatic heterocycles. The maximum atomic E-state index is 12.0. The van der Waals surface area contributed by atoms with E-state index in [0.29, 0.717) is 18.6 Å². The maximum absolute atomic E-state index is 12.0. The van der Waals surface area contributed by atoms with Crippen LogP contribution in [0.3, 0.4) is 0 Å². The lowest BCUT2D eigenvalue weighted by molar-refractivity contribution is -0.147. The second-order valence-corrected chi connectivity index (χ2v) is 5.35. The maximum Gasteiger partial charge on any atom is 0.323 e. The minimum Gasteiger partial charge on any atom is -0.460 e. The molecule has 3 rings (SSSR count). The molecule has 1 saturated carbocycles. The minimum absolute atomic E-state index is 0. The Morgan fingerprint density at radius 3 is 2.79 bits per heavy atom. The third kappa shape index (κ3) is 3.28. The van der Waals surface area contributed by atoms with Crippen molar-refractivity contribution in [3.63, 3.8) is 0 Å². The van der Waals surface area contributed by atoms with Crippen LogP contribution in [-0.2, 0) is 16.1 Å². The molecule has 0 spiro atoms. The quantitative estimate of drug-likeness (QED) is 0.866. The van der Waals surface area contributed by atoms with Gasteiger partial charge in [0.1, 0.15) is 12.6 Å². The van der Waals surface area contributed by atoms with Gasteiger partial charge in [0.2, 0.25) is 0 Å². The van der Waals surface area contributed by atoms with Crippen LogP contribution >= 0.6 is 12.4 Å². The smallest absolute Gasteiger partial charge is 0.323 e. The number of fused-ring (bicyclic) bond motifs is 1. The van der Waals surface area contributed by atoms with Crippen LogP contribution in [0.15, 0.2) is 30.3 Å². The zero-order chi connectivity index (χ0) is 12.4. The summed E-state index contributed by atoms with van der Waals surface area (Å²) in [6.07, 6.45) is 4.74. The molecule has 1 aromatic rings. The van der Waals surface area contributed by atoms with E-state index in [1.54, 1.807) is 0 Å². The molecule has 1 heterocycles.